The first-order valence-electron chi connectivity index (χ1n) is 5.16. The summed E-state index contributed by atoms with van der Waals surface area (Å²) in [5, 5.41) is 0. The lowest BCUT2D eigenvalue weighted by Crippen LogP contribution is -2.29. The molecule has 0 saturated heterocycles. The summed E-state index contributed by atoms with van der Waals surface area (Å²) >= 11 is 0. The largest absolute Gasteiger partial charge is 0.389 e. The van der Waals surface area contributed by atoms with Crippen molar-refractivity contribution >= 4 is 19.7 Å². The minimum Gasteiger partial charge on any atom is -0.212 e. The molecule has 0 aliphatic heterocycles. The van der Waals surface area contributed by atoms with Crippen molar-refractivity contribution < 1.29 is 21.6 Å². The molecule has 2 atom stereocenters. The second-order valence-electron chi connectivity index (χ2n) is 4.33. The second kappa shape index (κ2) is 5.12. The molecule has 0 bridgehead atoms. The number of hydrogen-bond acceptors (Lipinski definition) is 2. The van der Waals surface area contributed by atoms with Gasteiger partial charge in [0.2, 0.25) is 9.05 Å². The molecule has 7 heteroatoms. The van der Waals surface area contributed by atoms with Crippen molar-refractivity contribution in [3.8, 4) is 0 Å². The fourth-order valence-corrected chi connectivity index (χ4v) is 3.76. The van der Waals surface area contributed by atoms with Gasteiger partial charge < -0.3 is 0 Å². The molecule has 0 aromatic rings. The van der Waals surface area contributed by atoms with Crippen LogP contribution in [0.25, 0.3) is 0 Å². The van der Waals surface area contributed by atoms with Crippen molar-refractivity contribution in [1.29, 1.82) is 0 Å². The molecule has 2 unspecified atom stereocenters. The zero-order valence-corrected chi connectivity index (χ0v) is 10.2. The fraction of sp³-hybridized carbons (Fsp3) is 1.00. The molecule has 1 fully saturated rings. The molecule has 1 saturated carbocycles. The van der Waals surface area contributed by atoms with E-state index in [1.165, 1.54) is 0 Å². The topological polar surface area (TPSA) is 34.1 Å². The SMILES string of the molecule is O=S(=O)(Cl)CC1CCCCC1CC(F)(F)F. The van der Waals surface area contributed by atoms with Crippen molar-refractivity contribution in [2.75, 3.05) is 5.75 Å². The summed E-state index contributed by atoms with van der Waals surface area (Å²) in [6.45, 7) is 0. The molecule has 0 spiro atoms. The van der Waals surface area contributed by atoms with Crippen molar-refractivity contribution in [2.24, 2.45) is 11.8 Å². The average Bonchev–Trinajstić information content (AvgIpc) is 2.03. The highest BCUT2D eigenvalue weighted by Gasteiger charge is 2.37. The number of halogens is 4. The van der Waals surface area contributed by atoms with Crippen molar-refractivity contribution in [1.82, 2.24) is 0 Å². The zero-order valence-electron chi connectivity index (χ0n) is 8.63. The number of hydrogen-bond donors (Lipinski definition) is 0. The molecule has 96 valence electrons. The van der Waals surface area contributed by atoms with Gasteiger partial charge in [0.05, 0.1) is 5.75 Å². The zero-order chi connectivity index (χ0) is 12.4. The summed E-state index contributed by atoms with van der Waals surface area (Å²) in [5.41, 5.74) is 0. The van der Waals surface area contributed by atoms with Crippen LogP contribution in [0.4, 0.5) is 13.2 Å². The van der Waals surface area contributed by atoms with Gasteiger partial charge in [0, 0.05) is 17.1 Å². The van der Waals surface area contributed by atoms with Gasteiger partial charge in [-0.15, -0.1) is 0 Å². The second-order valence-corrected chi connectivity index (χ2v) is 7.15. The molecular formula is C9H14ClF3O2S. The van der Waals surface area contributed by atoms with Crippen molar-refractivity contribution in [3.63, 3.8) is 0 Å². The van der Waals surface area contributed by atoms with Crippen LogP contribution < -0.4 is 0 Å². The summed E-state index contributed by atoms with van der Waals surface area (Å²) in [6, 6.07) is 0. The highest BCUT2D eigenvalue weighted by molar-refractivity contribution is 8.13. The maximum Gasteiger partial charge on any atom is 0.389 e. The molecule has 0 radical (unpaired) electrons. The molecule has 0 aromatic heterocycles. The highest BCUT2D eigenvalue weighted by atomic mass is 35.7. The van der Waals surface area contributed by atoms with Crippen LogP contribution in [0.1, 0.15) is 32.1 Å². The third kappa shape index (κ3) is 5.39. The van der Waals surface area contributed by atoms with Gasteiger partial charge >= 0.3 is 6.18 Å². The van der Waals surface area contributed by atoms with Gasteiger partial charge in [0.15, 0.2) is 0 Å². The first kappa shape index (κ1) is 14.1. The van der Waals surface area contributed by atoms with Crippen LogP contribution in [0.2, 0.25) is 0 Å². The van der Waals surface area contributed by atoms with E-state index in [4.69, 9.17) is 10.7 Å². The van der Waals surface area contributed by atoms with Gasteiger partial charge in [-0.25, -0.2) is 8.42 Å². The molecule has 0 amide bonds. The maximum atomic E-state index is 12.3. The van der Waals surface area contributed by atoms with E-state index < -0.39 is 33.5 Å². The van der Waals surface area contributed by atoms with E-state index in [0.29, 0.717) is 12.8 Å². The maximum absolute atomic E-state index is 12.3. The molecule has 0 aromatic carbocycles. The Morgan fingerprint density at radius 3 is 2.06 bits per heavy atom. The molecule has 0 heterocycles. The Bertz CT molecular complexity index is 326. The minimum absolute atomic E-state index is 0.338. The van der Waals surface area contributed by atoms with Gasteiger partial charge in [0.25, 0.3) is 0 Å². The van der Waals surface area contributed by atoms with Crippen LogP contribution in [0.15, 0.2) is 0 Å². The van der Waals surface area contributed by atoms with E-state index >= 15 is 0 Å². The molecular weight excluding hydrogens is 265 g/mol. The lowest BCUT2D eigenvalue weighted by atomic mass is 9.78. The van der Waals surface area contributed by atoms with Gasteiger partial charge in [-0.2, -0.15) is 13.2 Å². The van der Waals surface area contributed by atoms with Gasteiger partial charge in [-0.3, -0.25) is 0 Å². The number of rotatable bonds is 3. The van der Waals surface area contributed by atoms with E-state index in [-0.39, 0.29) is 5.75 Å². The average molecular weight is 279 g/mol. The predicted octanol–water partition coefficient (Wildman–Crippen LogP) is 3.31. The van der Waals surface area contributed by atoms with Crippen LogP contribution in [0.5, 0.6) is 0 Å². The third-order valence-electron chi connectivity index (χ3n) is 2.97. The Labute approximate surface area is 97.6 Å². The van der Waals surface area contributed by atoms with Crippen LogP contribution in [-0.4, -0.2) is 20.3 Å². The lowest BCUT2D eigenvalue weighted by Gasteiger charge is -2.31. The van der Waals surface area contributed by atoms with E-state index in [9.17, 15) is 21.6 Å². The Hall–Kier alpha value is 0.0300. The Balaban J connectivity index is 2.64. The minimum atomic E-state index is -4.23. The highest BCUT2D eigenvalue weighted by Crippen LogP contribution is 2.38. The molecule has 1 rings (SSSR count). The Morgan fingerprint density at radius 2 is 1.62 bits per heavy atom. The van der Waals surface area contributed by atoms with E-state index in [2.05, 4.69) is 0 Å². The molecule has 2 nitrogen and oxygen atoms in total. The first-order valence-corrected chi connectivity index (χ1v) is 7.64. The predicted molar refractivity (Wildman–Crippen MR) is 55.8 cm³/mol. The fourth-order valence-electron chi connectivity index (χ4n) is 2.33. The molecule has 0 N–H and O–H groups in total. The van der Waals surface area contributed by atoms with Crippen LogP contribution in [0.3, 0.4) is 0 Å². The Kier molecular flexibility index (Phi) is 4.51. The van der Waals surface area contributed by atoms with Crippen LogP contribution in [-0.2, 0) is 9.05 Å². The summed E-state index contributed by atoms with van der Waals surface area (Å²) < 4.78 is 58.6. The van der Waals surface area contributed by atoms with Crippen molar-refractivity contribution in [2.45, 2.75) is 38.3 Å². The van der Waals surface area contributed by atoms with Gasteiger partial charge in [0.1, 0.15) is 0 Å². The normalized spacial score (nSPS) is 28.0. The van der Waals surface area contributed by atoms with E-state index in [1.54, 1.807) is 0 Å². The van der Waals surface area contributed by atoms with E-state index in [1.807, 2.05) is 0 Å². The third-order valence-corrected chi connectivity index (χ3v) is 4.18. The number of alkyl halides is 3. The standard InChI is InChI=1S/C9H14ClF3O2S/c10-16(14,15)6-8-4-2-1-3-7(8)5-9(11,12)13/h7-8H,1-6H2. The van der Waals surface area contributed by atoms with Crippen LogP contribution in [0, 0.1) is 11.8 Å². The quantitative estimate of drug-likeness (QED) is 0.742. The van der Waals surface area contributed by atoms with Gasteiger partial charge in [-0.05, 0) is 24.7 Å². The summed E-state index contributed by atoms with van der Waals surface area (Å²) in [4.78, 5) is 0. The summed E-state index contributed by atoms with van der Waals surface area (Å²) in [5.74, 6) is -1.38. The van der Waals surface area contributed by atoms with Crippen LogP contribution >= 0.6 is 10.7 Å². The molecule has 16 heavy (non-hydrogen) atoms. The molecule has 1 aliphatic carbocycles. The smallest absolute Gasteiger partial charge is 0.212 e. The first-order chi connectivity index (χ1) is 7.17. The molecule has 1 aliphatic rings. The van der Waals surface area contributed by atoms with E-state index in [0.717, 1.165) is 12.8 Å². The summed E-state index contributed by atoms with van der Waals surface area (Å²) in [6.07, 6.45) is -2.64. The lowest BCUT2D eigenvalue weighted by molar-refractivity contribution is -0.150. The Morgan fingerprint density at radius 1 is 1.12 bits per heavy atom. The van der Waals surface area contributed by atoms with Gasteiger partial charge in [-0.1, -0.05) is 12.8 Å². The summed E-state index contributed by atoms with van der Waals surface area (Å²) in [7, 11) is 1.39. The monoisotopic (exact) mass is 278 g/mol. The van der Waals surface area contributed by atoms with Crippen molar-refractivity contribution in [3.05, 3.63) is 0 Å².